The molecule has 0 radical (unpaired) electrons. The van der Waals surface area contributed by atoms with E-state index in [9.17, 15) is 0 Å². The van der Waals surface area contributed by atoms with Gasteiger partial charge in [0.25, 0.3) is 0 Å². The summed E-state index contributed by atoms with van der Waals surface area (Å²) in [5.41, 5.74) is 1.11. The predicted octanol–water partition coefficient (Wildman–Crippen LogP) is 0.685. The zero-order valence-corrected chi connectivity index (χ0v) is 16.6. The summed E-state index contributed by atoms with van der Waals surface area (Å²) in [6, 6.07) is 4.26. The summed E-state index contributed by atoms with van der Waals surface area (Å²) >= 11 is 0. The number of aryl methyl sites for hydroxylation is 1. The summed E-state index contributed by atoms with van der Waals surface area (Å²) in [5.74, 6) is 3.35. The molecule has 0 aliphatic carbocycles. The normalized spacial score (nSPS) is 16.5. The van der Waals surface area contributed by atoms with Gasteiger partial charge in [-0.25, -0.2) is 19.6 Å². The van der Waals surface area contributed by atoms with Crippen molar-refractivity contribution < 1.29 is 4.74 Å². The fraction of sp³-hybridized carbons (Fsp3) is 0.421. The van der Waals surface area contributed by atoms with Crippen LogP contribution < -0.4 is 10.6 Å². The minimum atomic E-state index is 0.241. The predicted molar refractivity (Wildman–Crippen MR) is 108 cm³/mol. The molecule has 0 bridgehead atoms. The van der Waals surface area contributed by atoms with Gasteiger partial charge in [0.05, 0.1) is 6.54 Å². The van der Waals surface area contributed by atoms with Crippen molar-refractivity contribution in [1.82, 2.24) is 39.9 Å². The number of aromatic nitrogens is 6. The lowest BCUT2D eigenvalue weighted by Crippen LogP contribution is -2.46. The van der Waals surface area contributed by atoms with Crippen LogP contribution in [0.15, 0.2) is 42.0 Å². The van der Waals surface area contributed by atoms with Crippen molar-refractivity contribution >= 4 is 5.96 Å². The highest BCUT2D eigenvalue weighted by Crippen LogP contribution is 2.13. The first-order valence-corrected chi connectivity index (χ1v) is 9.57. The van der Waals surface area contributed by atoms with Gasteiger partial charge < -0.3 is 15.4 Å². The third-order valence-electron chi connectivity index (χ3n) is 4.78. The summed E-state index contributed by atoms with van der Waals surface area (Å²) in [7, 11) is 3.43. The highest BCUT2D eigenvalue weighted by atomic mass is 16.5. The van der Waals surface area contributed by atoms with Crippen molar-refractivity contribution in [2.75, 3.05) is 14.2 Å². The Labute approximate surface area is 169 Å². The number of guanidine groups is 1. The third kappa shape index (κ3) is 4.60. The summed E-state index contributed by atoms with van der Waals surface area (Å²) in [6.45, 7) is 1.84. The molecule has 1 atom stereocenters. The molecule has 0 fully saturated rings. The van der Waals surface area contributed by atoms with E-state index in [4.69, 9.17) is 4.74 Å². The summed E-state index contributed by atoms with van der Waals surface area (Å²) in [6.07, 6.45) is 9.00. The van der Waals surface area contributed by atoms with Gasteiger partial charge in [-0.2, -0.15) is 5.10 Å². The van der Waals surface area contributed by atoms with Crippen molar-refractivity contribution in [3.05, 3.63) is 54.3 Å². The number of methoxy groups -OCH3 is 1. The average molecular weight is 395 g/mol. The van der Waals surface area contributed by atoms with Gasteiger partial charge in [0.2, 0.25) is 0 Å². The molecule has 152 valence electrons. The van der Waals surface area contributed by atoms with E-state index in [1.807, 2.05) is 27.6 Å². The van der Waals surface area contributed by atoms with E-state index in [2.05, 4.69) is 35.7 Å². The molecule has 3 aromatic heterocycles. The van der Waals surface area contributed by atoms with Gasteiger partial charge in [0.1, 0.15) is 24.6 Å². The van der Waals surface area contributed by atoms with Crippen LogP contribution in [0, 0.1) is 0 Å². The average Bonchev–Trinajstić information content (AvgIpc) is 3.41. The van der Waals surface area contributed by atoms with Crippen LogP contribution >= 0.6 is 0 Å². The molecule has 1 aliphatic rings. The van der Waals surface area contributed by atoms with Crippen LogP contribution in [0.4, 0.5) is 0 Å². The second kappa shape index (κ2) is 8.82. The molecule has 10 heteroatoms. The lowest BCUT2D eigenvalue weighted by molar-refractivity contribution is 0.177. The third-order valence-corrected chi connectivity index (χ3v) is 4.78. The van der Waals surface area contributed by atoms with Crippen LogP contribution in [0.3, 0.4) is 0 Å². The van der Waals surface area contributed by atoms with Crippen molar-refractivity contribution in [1.29, 1.82) is 0 Å². The first kappa shape index (κ1) is 19.1. The Kier molecular flexibility index (Phi) is 5.80. The molecule has 1 aliphatic heterocycles. The van der Waals surface area contributed by atoms with E-state index >= 15 is 0 Å². The first-order chi connectivity index (χ1) is 14.2. The monoisotopic (exact) mass is 395 g/mol. The van der Waals surface area contributed by atoms with Crippen LogP contribution in [0.25, 0.3) is 5.82 Å². The van der Waals surface area contributed by atoms with Crippen molar-refractivity contribution in [2.45, 2.75) is 38.6 Å². The number of fused-ring (bicyclic) bond motifs is 1. The smallest absolute Gasteiger partial charge is 0.191 e. The molecule has 29 heavy (non-hydrogen) atoms. The number of hydrogen-bond acceptors (Lipinski definition) is 6. The van der Waals surface area contributed by atoms with E-state index < -0.39 is 0 Å². The molecule has 0 saturated carbocycles. The van der Waals surface area contributed by atoms with Crippen molar-refractivity contribution in [3.8, 4) is 5.82 Å². The lowest BCUT2D eigenvalue weighted by Gasteiger charge is -2.25. The van der Waals surface area contributed by atoms with E-state index in [1.165, 1.54) is 0 Å². The van der Waals surface area contributed by atoms with Gasteiger partial charge in [-0.3, -0.25) is 9.56 Å². The molecular formula is C19H25N9O. The van der Waals surface area contributed by atoms with Crippen LogP contribution in [-0.4, -0.2) is 55.5 Å². The second-order valence-electron chi connectivity index (χ2n) is 6.86. The van der Waals surface area contributed by atoms with Crippen LogP contribution in [0.2, 0.25) is 0 Å². The van der Waals surface area contributed by atoms with Gasteiger partial charge in [0, 0.05) is 51.8 Å². The Balaban J connectivity index is 1.34. The summed E-state index contributed by atoms with van der Waals surface area (Å²) in [5, 5.41) is 11.4. The van der Waals surface area contributed by atoms with Gasteiger partial charge in [-0.15, -0.1) is 0 Å². The number of imidazole rings is 1. The van der Waals surface area contributed by atoms with E-state index in [0.717, 1.165) is 48.4 Å². The van der Waals surface area contributed by atoms with E-state index in [-0.39, 0.29) is 6.04 Å². The number of rotatable bonds is 6. The Morgan fingerprint density at radius 1 is 1.38 bits per heavy atom. The maximum atomic E-state index is 5.13. The Bertz CT molecular complexity index is 964. The Morgan fingerprint density at radius 3 is 3.10 bits per heavy atom. The quantitative estimate of drug-likeness (QED) is 0.467. The number of nitrogens with one attached hydrogen (secondary N) is 2. The molecule has 0 aromatic carbocycles. The maximum Gasteiger partial charge on any atom is 0.191 e. The minimum Gasteiger partial charge on any atom is -0.377 e. The highest BCUT2D eigenvalue weighted by Gasteiger charge is 2.22. The molecule has 0 spiro atoms. The van der Waals surface area contributed by atoms with Gasteiger partial charge in [-0.1, -0.05) is 0 Å². The minimum absolute atomic E-state index is 0.241. The number of pyridine rings is 1. The second-order valence-corrected chi connectivity index (χ2v) is 6.86. The molecule has 10 nitrogen and oxygen atoms in total. The van der Waals surface area contributed by atoms with Crippen LogP contribution in [0.1, 0.15) is 23.6 Å². The number of hydrogen-bond donors (Lipinski definition) is 2. The Morgan fingerprint density at radius 2 is 2.31 bits per heavy atom. The number of aliphatic imine (C=N–C) groups is 1. The van der Waals surface area contributed by atoms with E-state index in [0.29, 0.717) is 13.2 Å². The molecule has 0 amide bonds. The SMILES string of the molecule is CN=C(NCc1ccnc(-n2ccnc2)c1)NC1CCc2nc(COC)nn2C1. The fourth-order valence-electron chi connectivity index (χ4n) is 3.35. The largest absolute Gasteiger partial charge is 0.377 e. The molecule has 0 saturated heterocycles. The van der Waals surface area contributed by atoms with Crippen LogP contribution in [0.5, 0.6) is 0 Å². The topological polar surface area (TPSA) is 107 Å². The maximum absolute atomic E-state index is 5.13. The highest BCUT2D eigenvalue weighted by molar-refractivity contribution is 5.79. The van der Waals surface area contributed by atoms with Crippen molar-refractivity contribution in [3.63, 3.8) is 0 Å². The van der Waals surface area contributed by atoms with Gasteiger partial charge in [-0.05, 0) is 24.1 Å². The van der Waals surface area contributed by atoms with Crippen LogP contribution in [-0.2, 0) is 30.9 Å². The number of ether oxygens (including phenoxy) is 1. The molecule has 2 N–H and O–H groups in total. The van der Waals surface area contributed by atoms with Crippen molar-refractivity contribution in [2.24, 2.45) is 4.99 Å². The van der Waals surface area contributed by atoms with Gasteiger partial charge in [0.15, 0.2) is 11.8 Å². The molecule has 4 heterocycles. The zero-order valence-electron chi connectivity index (χ0n) is 16.6. The zero-order chi connectivity index (χ0) is 20.1. The Hall–Kier alpha value is -3.27. The molecule has 1 unspecified atom stereocenters. The lowest BCUT2D eigenvalue weighted by atomic mass is 10.1. The number of nitrogens with zero attached hydrogens (tertiary/aromatic N) is 7. The molecular weight excluding hydrogens is 370 g/mol. The van der Waals surface area contributed by atoms with E-state index in [1.54, 1.807) is 32.9 Å². The first-order valence-electron chi connectivity index (χ1n) is 9.57. The molecule has 3 aromatic rings. The summed E-state index contributed by atoms with van der Waals surface area (Å²) < 4.78 is 8.97. The van der Waals surface area contributed by atoms with Gasteiger partial charge >= 0.3 is 0 Å². The fourth-order valence-corrected chi connectivity index (χ4v) is 3.35. The molecule has 4 rings (SSSR count). The standard InChI is InChI=1S/C19H25N9O/c1-20-19(23-10-14-5-6-22-18(9-14)27-8-7-21-13-27)24-15-3-4-17-25-16(12-29-2)26-28(17)11-15/h5-9,13,15H,3-4,10-12H2,1-2H3,(H2,20,23,24). The summed E-state index contributed by atoms with van der Waals surface area (Å²) in [4.78, 5) is 17.3.